The molecule has 0 aromatic carbocycles. The number of nitrogens with two attached hydrogens (primary N) is 1. The molecule has 0 spiro atoms. The van der Waals surface area contributed by atoms with Crippen LogP contribution in [-0.4, -0.2) is 324 Å². The van der Waals surface area contributed by atoms with Gasteiger partial charge in [0, 0.05) is 42.6 Å². The van der Waals surface area contributed by atoms with Crippen LogP contribution in [0.4, 0.5) is 52.7 Å². The standard InChI is InChI=1S/C86H149N15O33S2/c1-77(2,3)125-67(109)90-48(91-68(110)126-78(4,5)6)32-31-45-54(104)56(106)51(95-66(100-75(117)133-85(25,26)27)101-76(118)134-86(28,29)30)61(121-45)123-59-47(41-136-36-34-119-33-35-135)122-62(57(59)107)124-60-53(103)42(39-49(92-69(111)127-79(7,8)9)93-70(112)128-80(10,11)12)37-44(89-65(98-73(115)131-83(19,20)21)99-74(116)132-84(22,23)24)58(60)120-46-38-43(52(102)55(105)50(46)94-63(87)108)40-88-64(96-71(113)129-81(13,14)15)97-72(114)130-82(16,17)18/h42-47,50-62,102-107,135H,31-41H2,1-30H3,(H3,87,94,108)(H,90,91,109,110)(H,92,93,111,112)(H2,88,96,97,113,114)(H2,89,98,99,115,116)(H2,95,100,101,117,118)/t42-,43?,44?,45-,46-,47+,50?,51+,52+,53?,54?,55+,56-,57-,58+,59?,60+,61?,62-/m0/s1. The lowest BCUT2D eigenvalue weighted by molar-refractivity contribution is -0.282. The summed E-state index contributed by atoms with van der Waals surface area (Å²) >= 11 is 5.41. The van der Waals surface area contributed by atoms with Gasteiger partial charge in [-0.25, -0.2) is 62.7 Å². The number of amides is 12. The molecule has 0 bridgehead atoms. The number of urea groups is 1. The number of thioether (sulfide) groups is 1. The lowest BCUT2D eigenvalue weighted by Gasteiger charge is -2.48. The van der Waals surface area contributed by atoms with E-state index in [1.807, 2.05) is 0 Å². The minimum absolute atomic E-state index is 0.0886. The number of nitrogens with zero attached hydrogens (tertiary/aromatic N) is 5. The molecule has 48 nitrogen and oxygen atoms in total. The molecule has 12 amide bonds. The fraction of sp³-hybridized carbons (Fsp3) is 0.814. The van der Waals surface area contributed by atoms with Crippen molar-refractivity contribution in [2.45, 2.75) is 400 Å². The molecule has 2 saturated carbocycles. The summed E-state index contributed by atoms with van der Waals surface area (Å²) < 4.78 is 95.8. The molecule has 0 aromatic rings. The van der Waals surface area contributed by atoms with Gasteiger partial charge in [0.2, 0.25) is 17.9 Å². The molecule has 2 saturated heterocycles. The summed E-state index contributed by atoms with van der Waals surface area (Å²) in [6.07, 6.45) is -43.5. The number of carbonyl (C=O) groups is 11. The number of hydrogen-bond donors (Lipinski definition) is 17. The summed E-state index contributed by atoms with van der Waals surface area (Å²) in [7, 11) is 0. The summed E-state index contributed by atoms with van der Waals surface area (Å²) in [6, 6.07) is -7.07. The van der Waals surface area contributed by atoms with E-state index in [4.69, 9.17) is 86.5 Å². The highest BCUT2D eigenvalue weighted by atomic mass is 32.2. The van der Waals surface area contributed by atoms with Gasteiger partial charge in [0.1, 0.15) is 116 Å². The minimum atomic E-state index is -2.27. The fourth-order valence-electron chi connectivity index (χ4n) is 13.1. The van der Waals surface area contributed by atoms with Gasteiger partial charge in [-0.3, -0.25) is 47.5 Å². The quantitative estimate of drug-likeness (QED) is 0.0153. The Labute approximate surface area is 803 Å². The number of hydrogen-bond acceptors (Lipinski definition) is 38. The maximum absolute atomic E-state index is 14.2. The highest BCUT2D eigenvalue weighted by Crippen LogP contribution is 2.42. The molecule has 778 valence electrons. The van der Waals surface area contributed by atoms with Crippen molar-refractivity contribution in [1.82, 2.24) is 47.9 Å². The fourth-order valence-corrected chi connectivity index (χ4v) is 14.1. The van der Waals surface area contributed by atoms with E-state index in [1.165, 1.54) is 125 Å². The van der Waals surface area contributed by atoms with Crippen molar-refractivity contribution in [3.05, 3.63) is 0 Å². The van der Waals surface area contributed by atoms with E-state index in [0.717, 1.165) is 11.8 Å². The molecule has 17 N–H and O–H groups in total. The molecule has 4 rings (SSSR count). The Morgan fingerprint density at radius 3 is 1.19 bits per heavy atom. The molecule has 136 heavy (non-hydrogen) atoms. The van der Waals surface area contributed by atoms with Crippen molar-refractivity contribution in [2.24, 2.45) is 42.5 Å². The number of nitrogens with one attached hydrogen (secondary N) is 9. The number of alkyl carbamates (subject to hydrolysis) is 8. The zero-order valence-electron chi connectivity index (χ0n) is 83.6. The Bertz CT molecular complexity index is 4090. The van der Waals surface area contributed by atoms with E-state index in [-0.39, 0.29) is 24.7 Å². The first-order chi connectivity index (χ1) is 61.9. The number of aliphatic hydroxyl groups is 6. The van der Waals surface area contributed by atoms with Crippen LogP contribution >= 0.6 is 24.4 Å². The Balaban J connectivity index is 2.32. The van der Waals surface area contributed by atoms with Crippen molar-refractivity contribution in [1.29, 1.82) is 0 Å². The number of aliphatic imine (C=N–C) groups is 5. The Morgan fingerprint density at radius 2 is 0.779 bits per heavy atom. The van der Waals surface area contributed by atoms with Crippen LogP contribution < -0.4 is 53.6 Å². The van der Waals surface area contributed by atoms with Crippen molar-refractivity contribution < 1.29 is 159 Å². The third-order valence-corrected chi connectivity index (χ3v) is 18.9. The number of aliphatic hydroxyl groups excluding tert-OH is 6. The number of carbonyl (C=O) groups excluding carboxylic acids is 11. The van der Waals surface area contributed by atoms with Crippen LogP contribution in [0.2, 0.25) is 0 Å². The van der Waals surface area contributed by atoms with E-state index in [0.29, 0.717) is 5.75 Å². The van der Waals surface area contributed by atoms with E-state index >= 15 is 0 Å². The van der Waals surface area contributed by atoms with E-state index in [2.05, 4.69) is 80.4 Å². The summed E-state index contributed by atoms with van der Waals surface area (Å²) in [5.74, 6) is -5.88. The van der Waals surface area contributed by atoms with Crippen LogP contribution in [0, 0.1) is 11.8 Å². The minimum Gasteiger partial charge on any atom is -0.444 e. The van der Waals surface area contributed by atoms with Gasteiger partial charge in [0.15, 0.2) is 12.6 Å². The first-order valence-corrected chi connectivity index (χ1v) is 46.2. The third-order valence-electron chi connectivity index (χ3n) is 17.7. The molecule has 2 heterocycles. The number of amidine groups is 2. The van der Waals surface area contributed by atoms with Gasteiger partial charge in [-0.15, -0.1) is 0 Å². The highest BCUT2D eigenvalue weighted by Gasteiger charge is 2.57. The topological polar surface area (TPSA) is 653 Å². The zero-order chi connectivity index (χ0) is 104. The molecule has 50 heteroatoms. The van der Waals surface area contributed by atoms with Gasteiger partial charge in [0.05, 0.1) is 55.8 Å². The maximum atomic E-state index is 14.2. The van der Waals surface area contributed by atoms with Crippen molar-refractivity contribution in [2.75, 3.05) is 37.0 Å². The molecular formula is C86H149N15O33S2. The number of rotatable bonds is 23. The van der Waals surface area contributed by atoms with Crippen LogP contribution in [0.1, 0.15) is 240 Å². The Morgan fingerprint density at radius 1 is 0.397 bits per heavy atom. The molecule has 0 radical (unpaired) electrons. The average molecular weight is 1990 g/mol. The van der Waals surface area contributed by atoms with E-state index < -0.39 is 307 Å². The zero-order valence-corrected chi connectivity index (χ0v) is 85.3. The molecule has 7 unspecified atom stereocenters. The molecular weight excluding hydrogens is 1840 g/mol. The van der Waals surface area contributed by atoms with Crippen LogP contribution in [0.3, 0.4) is 0 Å². The second-order valence-electron chi connectivity index (χ2n) is 42.3. The van der Waals surface area contributed by atoms with E-state index in [1.54, 1.807) is 83.1 Å². The predicted molar refractivity (Wildman–Crippen MR) is 497 cm³/mol. The van der Waals surface area contributed by atoms with Gasteiger partial charge in [-0.05, 0) is 233 Å². The second kappa shape index (κ2) is 50.2. The summed E-state index contributed by atoms with van der Waals surface area (Å²) in [6.45, 7) is 45.6. The van der Waals surface area contributed by atoms with Crippen molar-refractivity contribution in [3.8, 4) is 0 Å². The average Bonchev–Trinajstić information content (AvgIpc) is 1.40. The monoisotopic (exact) mass is 1980 g/mol. The largest absolute Gasteiger partial charge is 0.444 e. The normalized spacial score (nSPS) is 25.5. The number of primary amides is 1. The lowest BCUT2D eigenvalue weighted by atomic mass is 9.76. The molecule has 2 aliphatic carbocycles. The highest BCUT2D eigenvalue weighted by molar-refractivity contribution is 7.99. The first-order valence-electron chi connectivity index (χ1n) is 44.4. The van der Waals surface area contributed by atoms with Gasteiger partial charge >= 0.3 is 67.0 Å². The van der Waals surface area contributed by atoms with Gasteiger partial charge < -0.3 is 117 Å². The number of thiol groups is 1. The summed E-state index contributed by atoms with van der Waals surface area (Å²) in [5.41, 5.74) is -5.99. The summed E-state index contributed by atoms with van der Waals surface area (Å²) in [4.78, 5) is 174. The molecule has 4 fully saturated rings. The van der Waals surface area contributed by atoms with Gasteiger partial charge in [-0.2, -0.15) is 34.4 Å². The Hall–Kier alpha value is -9.06. The molecule has 0 aromatic heterocycles. The second-order valence-corrected chi connectivity index (χ2v) is 43.9. The van der Waals surface area contributed by atoms with Crippen LogP contribution in [0.5, 0.6) is 0 Å². The molecule has 19 atom stereocenters. The van der Waals surface area contributed by atoms with Crippen LogP contribution in [0.25, 0.3) is 0 Å². The number of guanidine groups is 3. The van der Waals surface area contributed by atoms with Crippen LogP contribution in [-0.2, 0) is 75.8 Å². The number of ether oxygens (including phenoxy) is 16. The SMILES string of the molecule is CC(C)(C)OC(=O)N=C(CC[C@@H]1OC(OC2[C@@H](CSCCOCCS)O[C@@H](O[C@@H]3C(O)[C@H](CC(=NC(=O)OC(C)(C)C)NC(=O)OC(C)(C)C)CC(N=C(NC(=O)OC(C)(C)C)NC(=O)OC(C)(C)C)[C@H]3O[C@H]3CC(CN=C(NC(=O)OC(C)(C)C)NC(=O)OC(C)(C)C)[C@@H](O)[C@H](O)C3NC(N)=O)[C@H]2O)[C@H](N=C(NC(=O)OC(C)(C)C)NC(=O)OC(C)(C)C)[C@H](O)C1O)NC(=O)OC(C)(C)C. The van der Waals surface area contributed by atoms with Gasteiger partial charge in [-0.1, -0.05) is 0 Å². The lowest BCUT2D eigenvalue weighted by Crippen LogP contribution is -2.65. The molecule has 4 aliphatic rings. The maximum Gasteiger partial charge on any atom is 0.435 e. The third kappa shape index (κ3) is 46.6. The first kappa shape index (κ1) is 119. The summed E-state index contributed by atoms with van der Waals surface area (Å²) in [5, 5.41) is 98.6. The molecule has 2 aliphatic heterocycles. The predicted octanol–water partition coefficient (Wildman–Crippen LogP) is 7.72. The smallest absolute Gasteiger partial charge is 0.435 e. The van der Waals surface area contributed by atoms with Crippen molar-refractivity contribution in [3.63, 3.8) is 0 Å². The van der Waals surface area contributed by atoms with Gasteiger partial charge in [0.25, 0.3) is 0 Å². The van der Waals surface area contributed by atoms with Crippen molar-refractivity contribution >= 4 is 121 Å². The Kier molecular flexibility index (Phi) is 44.0. The van der Waals surface area contributed by atoms with E-state index in [9.17, 15) is 83.4 Å². The van der Waals surface area contributed by atoms with Crippen LogP contribution in [0.15, 0.2) is 25.0 Å².